The third-order valence-electron chi connectivity index (χ3n) is 2.41. The normalized spacial score (nSPS) is 13.8. The Balaban J connectivity index is 2.97. The summed E-state index contributed by atoms with van der Waals surface area (Å²) in [5.74, 6) is -0.845. The van der Waals surface area contributed by atoms with Crippen LogP contribution >= 0.6 is 15.9 Å². The van der Waals surface area contributed by atoms with Crippen molar-refractivity contribution < 1.29 is 22.7 Å². The summed E-state index contributed by atoms with van der Waals surface area (Å²) in [5, 5.41) is 9.51. The van der Waals surface area contributed by atoms with Gasteiger partial charge in [0.05, 0.1) is 12.7 Å². The van der Waals surface area contributed by atoms with E-state index in [1.165, 1.54) is 26.3 Å². The number of benzene rings is 1. The van der Waals surface area contributed by atoms with E-state index in [4.69, 9.17) is 4.74 Å². The molecule has 8 heteroatoms. The summed E-state index contributed by atoms with van der Waals surface area (Å²) in [5.41, 5.74) is 0. The molecule has 0 aromatic heterocycles. The molecule has 0 aliphatic heterocycles. The number of hydrogen-bond acceptors (Lipinski definition) is 4. The van der Waals surface area contributed by atoms with Crippen LogP contribution in [0.2, 0.25) is 0 Å². The quantitative estimate of drug-likeness (QED) is 0.832. The van der Waals surface area contributed by atoms with Crippen molar-refractivity contribution >= 4 is 26.0 Å². The van der Waals surface area contributed by atoms with Gasteiger partial charge < -0.3 is 9.84 Å². The fourth-order valence-electron chi connectivity index (χ4n) is 1.49. The van der Waals surface area contributed by atoms with Crippen LogP contribution in [0.4, 0.5) is 4.39 Å². The van der Waals surface area contributed by atoms with Gasteiger partial charge in [-0.05, 0) is 18.2 Å². The van der Waals surface area contributed by atoms with Crippen LogP contribution in [0.3, 0.4) is 0 Å². The molecule has 0 aliphatic rings. The van der Waals surface area contributed by atoms with Gasteiger partial charge in [-0.15, -0.1) is 0 Å². The molecule has 1 unspecified atom stereocenters. The summed E-state index contributed by atoms with van der Waals surface area (Å²) in [7, 11) is -1.31. The summed E-state index contributed by atoms with van der Waals surface area (Å²) >= 11 is 3.06. The van der Waals surface area contributed by atoms with Crippen molar-refractivity contribution in [1.29, 1.82) is 0 Å². The second-order valence-corrected chi connectivity index (χ2v) is 6.90. The van der Waals surface area contributed by atoms with Crippen LogP contribution < -0.4 is 0 Å². The first-order valence-electron chi connectivity index (χ1n) is 5.37. The molecule has 5 nitrogen and oxygen atoms in total. The number of aliphatic hydroxyl groups excluding tert-OH is 1. The number of ether oxygens (including phenoxy) is 1. The molecule has 1 N–H and O–H groups in total. The van der Waals surface area contributed by atoms with E-state index in [0.29, 0.717) is 4.47 Å². The van der Waals surface area contributed by atoms with E-state index in [1.807, 2.05) is 0 Å². The molecular formula is C11H15BrFNO4S. The zero-order valence-electron chi connectivity index (χ0n) is 10.5. The third-order valence-corrected chi connectivity index (χ3v) is 4.76. The Hall–Kier alpha value is -0.540. The maximum absolute atomic E-state index is 13.7. The first kappa shape index (κ1) is 16.5. The van der Waals surface area contributed by atoms with Crippen LogP contribution in [0.5, 0.6) is 0 Å². The van der Waals surface area contributed by atoms with Gasteiger partial charge in [-0.2, -0.15) is 4.31 Å². The number of hydrogen-bond donors (Lipinski definition) is 1. The number of methoxy groups -OCH3 is 1. The van der Waals surface area contributed by atoms with E-state index < -0.39 is 26.8 Å². The Labute approximate surface area is 120 Å². The summed E-state index contributed by atoms with van der Waals surface area (Å²) in [6.45, 7) is -0.172. The van der Waals surface area contributed by atoms with E-state index in [9.17, 15) is 17.9 Å². The second-order valence-electron chi connectivity index (χ2n) is 3.97. The molecule has 0 bridgehead atoms. The van der Waals surface area contributed by atoms with E-state index in [2.05, 4.69) is 15.9 Å². The lowest BCUT2D eigenvalue weighted by Gasteiger charge is -2.20. The number of likely N-dealkylation sites (N-methyl/N-ethyl adjacent to an activating group) is 1. The first-order valence-corrected chi connectivity index (χ1v) is 7.60. The van der Waals surface area contributed by atoms with Gasteiger partial charge in [0.15, 0.2) is 0 Å². The van der Waals surface area contributed by atoms with Crippen LogP contribution in [0.15, 0.2) is 27.6 Å². The van der Waals surface area contributed by atoms with Crippen molar-refractivity contribution in [3.05, 3.63) is 28.5 Å². The minimum atomic E-state index is -3.98. The zero-order chi connectivity index (χ0) is 14.6. The molecule has 0 heterocycles. The van der Waals surface area contributed by atoms with Crippen molar-refractivity contribution in [3.63, 3.8) is 0 Å². The first-order chi connectivity index (χ1) is 8.78. The number of rotatable bonds is 6. The van der Waals surface area contributed by atoms with Crippen molar-refractivity contribution in [2.75, 3.05) is 27.3 Å². The van der Waals surface area contributed by atoms with Crippen LogP contribution in [-0.2, 0) is 14.8 Å². The minimum Gasteiger partial charge on any atom is -0.389 e. The van der Waals surface area contributed by atoms with Crippen LogP contribution in [-0.4, -0.2) is 51.2 Å². The SMILES string of the molecule is COCC(O)CN(C)S(=O)(=O)c1ccc(Br)cc1F. The lowest BCUT2D eigenvalue weighted by molar-refractivity contribution is 0.0554. The third kappa shape index (κ3) is 4.22. The smallest absolute Gasteiger partial charge is 0.245 e. The number of nitrogens with zero attached hydrogens (tertiary/aromatic N) is 1. The molecule has 108 valence electrons. The van der Waals surface area contributed by atoms with Gasteiger partial charge in [0.25, 0.3) is 0 Å². The van der Waals surface area contributed by atoms with Gasteiger partial charge in [-0.25, -0.2) is 12.8 Å². The molecule has 0 radical (unpaired) electrons. The van der Waals surface area contributed by atoms with Crippen LogP contribution in [0.25, 0.3) is 0 Å². The molecular weight excluding hydrogens is 341 g/mol. The molecule has 0 fully saturated rings. The molecule has 0 aliphatic carbocycles. The predicted molar refractivity (Wildman–Crippen MR) is 71.8 cm³/mol. The highest BCUT2D eigenvalue weighted by Gasteiger charge is 2.26. The van der Waals surface area contributed by atoms with E-state index in [-0.39, 0.29) is 13.2 Å². The molecule has 0 saturated heterocycles. The number of sulfonamides is 1. The number of aliphatic hydroxyl groups is 1. The summed E-state index contributed by atoms with van der Waals surface area (Å²) in [4.78, 5) is -0.428. The van der Waals surface area contributed by atoms with Crippen LogP contribution in [0.1, 0.15) is 0 Å². The highest BCUT2D eigenvalue weighted by molar-refractivity contribution is 9.10. The molecule has 1 aromatic rings. The van der Waals surface area contributed by atoms with Crippen LogP contribution in [0, 0.1) is 5.82 Å². The van der Waals surface area contributed by atoms with Gasteiger partial charge in [0.1, 0.15) is 10.7 Å². The van der Waals surface area contributed by atoms with E-state index >= 15 is 0 Å². The molecule has 19 heavy (non-hydrogen) atoms. The van der Waals surface area contributed by atoms with E-state index in [1.54, 1.807) is 0 Å². The Bertz CT molecular complexity index is 537. The summed E-state index contributed by atoms with van der Waals surface area (Å²) < 4.78 is 44.0. The Kier molecular flexibility index (Phi) is 5.87. The Morgan fingerprint density at radius 3 is 2.68 bits per heavy atom. The average molecular weight is 356 g/mol. The van der Waals surface area contributed by atoms with E-state index in [0.717, 1.165) is 10.4 Å². The Morgan fingerprint density at radius 2 is 2.16 bits per heavy atom. The monoisotopic (exact) mass is 355 g/mol. The highest BCUT2D eigenvalue weighted by Crippen LogP contribution is 2.22. The minimum absolute atomic E-state index is 0.00266. The topological polar surface area (TPSA) is 66.8 Å². The molecule has 1 atom stereocenters. The fourth-order valence-corrected chi connectivity index (χ4v) is 3.07. The van der Waals surface area contributed by atoms with Gasteiger partial charge >= 0.3 is 0 Å². The van der Waals surface area contributed by atoms with Gasteiger partial charge in [-0.3, -0.25) is 0 Å². The molecule has 0 saturated carbocycles. The average Bonchev–Trinajstić information content (AvgIpc) is 2.28. The van der Waals surface area contributed by atoms with Gasteiger partial charge in [-0.1, -0.05) is 15.9 Å². The zero-order valence-corrected chi connectivity index (χ0v) is 12.9. The van der Waals surface area contributed by atoms with Crippen molar-refractivity contribution in [2.24, 2.45) is 0 Å². The number of halogens is 2. The van der Waals surface area contributed by atoms with Crippen molar-refractivity contribution in [1.82, 2.24) is 4.31 Å². The Morgan fingerprint density at radius 1 is 1.53 bits per heavy atom. The lowest BCUT2D eigenvalue weighted by Crippen LogP contribution is -2.36. The highest BCUT2D eigenvalue weighted by atomic mass is 79.9. The molecule has 0 amide bonds. The summed E-state index contributed by atoms with van der Waals surface area (Å²) in [6, 6.07) is 3.69. The lowest BCUT2D eigenvalue weighted by atomic mass is 10.3. The molecule has 1 aromatic carbocycles. The van der Waals surface area contributed by atoms with Crippen molar-refractivity contribution in [2.45, 2.75) is 11.0 Å². The maximum atomic E-state index is 13.7. The second kappa shape index (κ2) is 6.76. The largest absolute Gasteiger partial charge is 0.389 e. The van der Waals surface area contributed by atoms with Gasteiger partial charge in [0, 0.05) is 25.2 Å². The van der Waals surface area contributed by atoms with Crippen molar-refractivity contribution in [3.8, 4) is 0 Å². The maximum Gasteiger partial charge on any atom is 0.245 e. The van der Waals surface area contributed by atoms with Gasteiger partial charge in [0.2, 0.25) is 10.0 Å². The predicted octanol–water partition coefficient (Wildman–Crippen LogP) is 1.22. The standard InChI is InChI=1S/C11H15BrFNO4S/c1-14(6-9(15)7-18-2)19(16,17)11-4-3-8(12)5-10(11)13/h3-5,9,15H,6-7H2,1-2H3. The molecule has 0 spiro atoms. The summed E-state index contributed by atoms with van der Waals surface area (Å²) in [6.07, 6.45) is -0.969. The fraction of sp³-hybridized carbons (Fsp3) is 0.455. The molecule has 1 rings (SSSR count).